The first-order chi connectivity index (χ1) is 11.5. The Morgan fingerprint density at radius 2 is 2.17 bits per heavy atom. The van der Waals surface area contributed by atoms with Crippen LogP contribution < -0.4 is 5.32 Å². The van der Waals surface area contributed by atoms with Gasteiger partial charge >= 0.3 is 0 Å². The van der Waals surface area contributed by atoms with Crippen LogP contribution in [0.4, 0.5) is 4.39 Å². The smallest absolute Gasteiger partial charge is 0.255 e. The van der Waals surface area contributed by atoms with Crippen LogP contribution in [0.3, 0.4) is 0 Å². The molecule has 1 heterocycles. The van der Waals surface area contributed by atoms with E-state index in [1.165, 1.54) is 12.1 Å². The van der Waals surface area contributed by atoms with Crippen LogP contribution in [0.5, 0.6) is 0 Å². The molecule has 1 N–H and O–H groups in total. The largest absolute Gasteiger partial charge is 0.351 e. The number of amides is 1. The van der Waals surface area contributed by atoms with E-state index in [2.05, 4.69) is 10.4 Å². The average Bonchev–Trinajstić information content (AvgIpc) is 3.30. The fraction of sp³-hybridized carbons (Fsp3) is 0.444. The SMILES string of the molecule is Cc1c(C(=O)NCCN(C)C)c(C2CC2)nn1-c1cccc(F)c1. The third-order valence-corrected chi connectivity index (χ3v) is 4.23. The molecule has 1 aliphatic carbocycles. The van der Waals surface area contributed by atoms with E-state index in [0.717, 1.165) is 30.8 Å². The predicted molar refractivity (Wildman–Crippen MR) is 91.1 cm³/mol. The molecule has 0 spiro atoms. The number of aromatic nitrogens is 2. The van der Waals surface area contributed by atoms with Crippen molar-refractivity contribution in [2.75, 3.05) is 27.2 Å². The van der Waals surface area contributed by atoms with Crippen molar-refractivity contribution in [1.82, 2.24) is 20.0 Å². The van der Waals surface area contributed by atoms with E-state index in [-0.39, 0.29) is 11.7 Å². The zero-order valence-corrected chi connectivity index (χ0v) is 14.3. The molecule has 5 nitrogen and oxygen atoms in total. The van der Waals surface area contributed by atoms with Gasteiger partial charge in [-0.15, -0.1) is 0 Å². The summed E-state index contributed by atoms with van der Waals surface area (Å²) in [4.78, 5) is 14.7. The quantitative estimate of drug-likeness (QED) is 0.885. The van der Waals surface area contributed by atoms with Crippen molar-refractivity contribution >= 4 is 5.91 Å². The topological polar surface area (TPSA) is 50.2 Å². The molecular formula is C18H23FN4O. The highest BCUT2D eigenvalue weighted by Crippen LogP contribution is 2.42. The number of carbonyl (C=O) groups excluding carboxylic acids is 1. The first-order valence-corrected chi connectivity index (χ1v) is 8.25. The Balaban J connectivity index is 1.92. The van der Waals surface area contributed by atoms with Crippen LogP contribution in [0.15, 0.2) is 24.3 Å². The van der Waals surface area contributed by atoms with Crippen molar-refractivity contribution in [3.8, 4) is 5.69 Å². The van der Waals surface area contributed by atoms with Gasteiger partial charge in [0.15, 0.2) is 0 Å². The lowest BCUT2D eigenvalue weighted by Gasteiger charge is -2.11. The van der Waals surface area contributed by atoms with Crippen LogP contribution in [-0.4, -0.2) is 47.8 Å². The second-order valence-electron chi connectivity index (χ2n) is 6.57. The zero-order valence-electron chi connectivity index (χ0n) is 14.3. The molecule has 1 fully saturated rings. The fourth-order valence-corrected chi connectivity index (χ4v) is 2.79. The Bertz CT molecular complexity index is 749. The van der Waals surface area contributed by atoms with E-state index in [1.54, 1.807) is 16.8 Å². The molecule has 24 heavy (non-hydrogen) atoms. The summed E-state index contributed by atoms with van der Waals surface area (Å²) in [6.07, 6.45) is 2.11. The van der Waals surface area contributed by atoms with Gasteiger partial charge in [-0.05, 0) is 52.1 Å². The van der Waals surface area contributed by atoms with Crippen LogP contribution in [-0.2, 0) is 0 Å². The number of hydrogen-bond donors (Lipinski definition) is 1. The molecule has 0 radical (unpaired) electrons. The van der Waals surface area contributed by atoms with Crippen molar-refractivity contribution in [2.45, 2.75) is 25.7 Å². The maximum absolute atomic E-state index is 13.5. The summed E-state index contributed by atoms with van der Waals surface area (Å²) < 4.78 is 15.2. The lowest BCUT2D eigenvalue weighted by Crippen LogP contribution is -2.32. The molecule has 1 amide bonds. The number of nitrogens with one attached hydrogen (secondary N) is 1. The first-order valence-electron chi connectivity index (χ1n) is 8.25. The van der Waals surface area contributed by atoms with Gasteiger partial charge in [-0.1, -0.05) is 6.07 Å². The second kappa shape index (κ2) is 6.73. The Morgan fingerprint density at radius 1 is 1.42 bits per heavy atom. The highest BCUT2D eigenvalue weighted by molar-refractivity contribution is 5.97. The predicted octanol–water partition coefficient (Wildman–Crippen LogP) is 2.49. The lowest BCUT2D eigenvalue weighted by atomic mass is 10.1. The van der Waals surface area contributed by atoms with Gasteiger partial charge < -0.3 is 10.2 Å². The number of hydrogen-bond acceptors (Lipinski definition) is 3. The minimum atomic E-state index is -0.313. The molecule has 0 bridgehead atoms. The van der Waals surface area contributed by atoms with Crippen molar-refractivity contribution in [3.05, 3.63) is 47.0 Å². The summed E-state index contributed by atoms with van der Waals surface area (Å²) in [6.45, 7) is 3.23. The molecule has 0 saturated heterocycles. The van der Waals surface area contributed by atoms with Crippen molar-refractivity contribution < 1.29 is 9.18 Å². The number of halogens is 1. The Kier molecular flexibility index (Phi) is 4.66. The highest BCUT2D eigenvalue weighted by atomic mass is 19.1. The summed E-state index contributed by atoms with van der Waals surface area (Å²) in [5, 5.41) is 7.59. The molecule has 1 aromatic carbocycles. The van der Waals surface area contributed by atoms with E-state index >= 15 is 0 Å². The van der Waals surface area contributed by atoms with Crippen molar-refractivity contribution in [3.63, 3.8) is 0 Å². The second-order valence-corrected chi connectivity index (χ2v) is 6.57. The highest BCUT2D eigenvalue weighted by Gasteiger charge is 2.33. The molecule has 1 aromatic heterocycles. The van der Waals surface area contributed by atoms with Crippen LogP contribution in [0.2, 0.25) is 0 Å². The summed E-state index contributed by atoms with van der Waals surface area (Å²) in [7, 11) is 3.93. The van der Waals surface area contributed by atoms with E-state index in [1.807, 2.05) is 25.9 Å². The molecular weight excluding hydrogens is 307 g/mol. The van der Waals surface area contributed by atoms with Crippen molar-refractivity contribution in [2.24, 2.45) is 0 Å². The molecule has 0 aliphatic heterocycles. The van der Waals surface area contributed by atoms with Gasteiger partial charge in [0.25, 0.3) is 5.91 Å². The average molecular weight is 330 g/mol. The van der Waals surface area contributed by atoms with Gasteiger partial charge in [-0.3, -0.25) is 4.79 Å². The Hall–Kier alpha value is -2.21. The van der Waals surface area contributed by atoms with Gasteiger partial charge in [0.05, 0.1) is 22.6 Å². The number of carbonyl (C=O) groups is 1. The standard InChI is InChI=1S/C18H23FN4O/c1-12-16(18(24)20-9-10-22(2)3)17(13-7-8-13)21-23(12)15-6-4-5-14(19)11-15/h4-6,11,13H,7-10H2,1-3H3,(H,20,24). The van der Waals surface area contributed by atoms with Crippen molar-refractivity contribution in [1.29, 1.82) is 0 Å². The van der Waals surface area contributed by atoms with Crippen LogP contribution >= 0.6 is 0 Å². The van der Waals surface area contributed by atoms with Gasteiger partial charge in [-0.25, -0.2) is 9.07 Å². The molecule has 128 valence electrons. The molecule has 1 saturated carbocycles. The zero-order chi connectivity index (χ0) is 17.3. The normalized spacial score (nSPS) is 14.2. The van der Waals surface area contributed by atoms with Gasteiger partial charge in [0, 0.05) is 19.0 Å². The number of likely N-dealkylation sites (N-methyl/N-ethyl adjacent to an activating group) is 1. The maximum Gasteiger partial charge on any atom is 0.255 e. The fourth-order valence-electron chi connectivity index (χ4n) is 2.79. The minimum absolute atomic E-state index is 0.0982. The number of nitrogens with zero attached hydrogens (tertiary/aromatic N) is 3. The molecule has 1 aliphatic rings. The van der Waals surface area contributed by atoms with Crippen LogP contribution in [0.1, 0.15) is 40.5 Å². The first kappa shape index (κ1) is 16.6. The minimum Gasteiger partial charge on any atom is -0.351 e. The van der Waals surface area contributed by atoms with Crippen LogP contribution in [0, 0.1) is 12.7 Å². The van der Waals surface area contributed by atoms with E-state index < -0.39 is 0 Å². The summed E-state index contributed by atoms with van der Waals surface area (Å²) in [6, 6.07) is 6.29. The molecule has 3 rings (SSSR count). The summed E-state index contributed by atoms with van der Waals surface area (Å²) in [5.41, 5.74) is 2.87. The third kappa shape index (κ3) is 3.48. The lowest BCUT2D eigenvalue weighted by molar-refractivity contribution is 0.0949. The van der Waals surface area contributed by atoms with E-state index in [0.29, 0.717) is 23.7 Å². The molecule has 0 atom stereocenters. The van der Waals surface area contributed by atoms with E-state index in [4.69, 9.17) is 0 Å². The Morgan fingerprint density at radius 3 is 2.79 bits per heavy atom. The molecule has 6 heteroatoms. The van der Waals surface area contributed by atoms with Gasteiger partial charge in [-0.2, -0.15) is 5.10 Å². The maximum atomic E-state index is 13.5. The van der Waals surface area contributed by atoms with Gasteiger partial charge in [0.1, 0.15) is 5.82 Å². The van der Waals surface area contributed by atoms with Gasteiger partial charge in [0.2, 0.25) is 0 Å². The third-order valence-electron chi connectivity index (χ3n) is 4.23. The molecule has 0 unspecified atom stereocenters. The summed E-state index contributed by atoms with van der Waals surface area (Å²) >= 11 is 0. The van der Waals surface area contributed by atoms with E-state index in [9.17, 15) is 9.18 Å². The monoisotopic (exact) mass is 330 g/mol. The Labute approximate surface area is 141 Å². The van der Waals surface area contributed by atoms with Crippen LogP contribution in [0.25, 0.3) is 5.69 Å². The number of rotatable bonds is 6. The number of benzene rings is 1. The summed E-state index contributed by atoms with van der Waals surface area (Å²) in [5.74, 6) is -0.0700. The molecule has 2 aromatic rings.